The van der Waals surface area contributed by atoms with Crippen LogP contribution in [0.1, 0.15) is 31.3 Å². The van der Waals surface area contributed by atoms with Crippen LogP contribution < -0.4 is 19.9 Å². The molecule has 10 heteroatoms. The summed E-state index contributed by atoms with van der Waals surface area (Å²) in [5, 5.41) is 9.97. The highest BCUT2D eigenvalue weighted by Crippen LogP contribution is 2.41. The highest BCUT2D eigenvalue weighted by atomic mass is 16.7. The summed E-state index contributed by atoms with van der Waals surface area (Å²) >= 11 is 0. The quantitative estimate of drug-likeness (QED) is 0.606. The van der Waals surface area contributed by atoms with Crippen LogP contribution in [0.5, 0.6) is 17.2 Å². The zero-order chi connectivity index (χ0) is 19.5. The van der Waals surface area contributed by atoms with Crippen LogP contribution in [0.2, 0.25) is 0 Å². The first-order valence-corrected chi connectivity index (χ1v) is 7.54. The topological polar surface area (TPSA) is 139 Å². The second-order valence-corrected chi connectivity index (χ2v) is 6.16. The number of nitrogens with one attached hydrogen (secondary N) is 1. The number of nitrogens with zero attached hydrogens (tertiary/aromatic N) is 2. The van der Waals surface area contributed by atoms with Crippen molar-refractivity contribution in [3.05, 3.63) is 17.8 Å². The standard InChI is InChI=1S/C16H20N4O6/c1-16(2,3)26-15(22)25-13-9(23-4)6-8(7-10(13)24-5)11-12(14(17)21)19-20-18-11/h6-7H,1-5H3,(H2,17,21)(H,18,19,20). The predicted molar refractivity (Wildman–Crippen MR) is 90.3 cm³/mol. The first-order chi connectivity index (χ1) is 12.2. The molecule has 0 bridgehead atoms. The number of aromatic amines is 1. The van der Waals surface area contributed by atoms with Crippen molar-refractivity contribution in [1.82, 2.24) is 15.4 Å². The molecule has 0 aliphatic carbocycles. The molecule has 3 N–H and O–H groups in total. The van der Waals surface area contributed by atoms with Crippen molar-refractivity contribution in [3.63, 3.8) is 0 Å². The van der Waals surface area contributed by atoms with Crippen LogP contribution >= 0.6 is 0 Å². The Bertz CT molecular complexity index is 799. The summed E-state index contributed by atoms with van der Waals surface area (Å²) in [5.41, 5.74) is 5.14. The van der Waals surface area contributed by atoms with Crippen molar-refractivity contribution < 1.29 is 28.5 Å². The van der Waals surface area contributed by atoms with E-state index in [9.17, 15) is 9.59 Å². The maximum absolute atomic E-state index is 12.0. The third-order valence-electron chi connectivity index (χ3n) is 3.09. The van der Waals surface area contributed by atoms with Crippen LogP contribution in [-0.2, 0) is 4.74 Å². The maximum Gasteiger partial charge on any atom is 0.514 e. The SMILES string of the molecule is COc1cc(-c2n[nH]nc2C(N)=O)cc(OC)c1OC(=O)OC(C)(C)C. The molecule has 0 radical (unpaired) electrons. The van der Waals surface area contributed by atoms with E-state index in [0.29, 0.717) is 5.56 Å². The van der Waals surface area contributed by atoms with Gasteiger partial charge in [0.25, 0.3) is 5.91 Å². The third-order valence-corrected chi connectivity index (χ3v) is 3.09. The Morgan fingerprint density at radius 3 is 2.12 bits per heavy atom. The number of methoxy groups -OCH3 is 2. The number of H-pyrrole nitrogens is 1. The smallest absolute Gasteiger partial charge is 0.493 e. The minimum Gasteiger partial charge on any atom is -0.493 e. The van der Waals surface area contributed by atoms with Gasteiger partial charge in [0.05, 0.1) is 14.2 Å². The van der Waals surface area contributed by atoms with E-state index in [1.165, 1.54) is 26.4 Å². The number of rotatable bonds is 5. The number of aromatic nitrogens is 3. The molecule has 0 saturated heterocycles. The van der Waals surface area contributed by atoms with Gasteiger partial charge in [-0.1, -0.05) is 0 Å². The molecular formula is C16H20N4O6. The Hall–Kier alpha value is -3.30. The first kappa shape index (κ1) is 19.0. The molecule has 26 heavy (non-hydrogen) atoms. The van der Waals surface area contributed by atoms with Crippen LogP contribution in [0.3, 0.4) is 0 Å². The Morgan fingerprint density at radius 2 is 1.65 bits per heavy atom. The molecular weight excluding hydrogens is 344 g/mol. The lowest BCUT2D eigenvalue weighted by Crippen LogP contribution is -2.26. The molecule has 10 nitrogen and oxygen atoms in total. The lowest BCUT2D eigenvalue weighted by molar-refractivity contribution is 0.0195. The fourth-order valence-corrected chi connectivity index (χ4v) is 2.08. The number of benzene rings is 1. The van der Waals surface area contributed by atoms with Crippen molar-refractivity contribution in [2.45, 2.75) is 26.4 Å². The van der Waals surface area contributed by atoms with Crippen LogP contribution in [-0.4, -0.2) is 47.3 Å². The number of hydrogen-bond acceptors (Lipinski definition) is 8. The molecule has 2 aromatic rings. The van der Waals surface area contributed by atoms with Gasteiger partial charge < -0.3 is 24.7 Å². The highest BCUT2D eigenvalue weighted by Gasteiger charge is 2.25. The van der Waals surface area contributed by atoms with Crippen LogP contribution in [0.15, 0.2) is 12.1 Å². The fraction of sp³-hybridized carbons (Fsp3) is 0.375. The molecule has 1 heterocycles. The van der Waals surface area contributed by atoms with E-state index in [1.807, 2.05) is 0 Å². The number of amides is 1. The van der Waals surface area contributed by atoms with Gasteiger partial charge in [0, 0.05) is 5.56 Å². The van der Waals surface area contributed by atoms with Gasteiger partial charge in [0.2, 0.25) is 5.75 Å². The van der Waals surface area contributed by atoms with E-state index >= 15 is 0 Å². The Labute approximate surface area is 149 Å². The zero-order valence-electron chi connectivity index (χ0n) is 15.1. The Morgan fingerprint density at radius 1 is 1.08 bits per heavy atom. The summed E-state index contributed by atoms with van der Waals surface area (Å²) in [6.07, 6.45) is -0.916. The highest BCUT2D eigenvalue weighted by molar-refractivity contribution is 5.97. The molecule has 0 aliphatic rings. The summed E-state index contributed by atoms with van der Waals surface area (Å²) in [4.78, 5) is 23.4. The minimum atomic E-state index is -0.916. The predicted octanol–water partition coefficient (Wildman–Crippen LogP) is 1.90. The maximum atomic E-state index is 12.0. The van der Waals surface area contributed by atoms with Gasteiger partial charge in [-0.3, -0.25) is 4.79 Å². The number of ether oxygens (including phenoxy) is 4. The Balaban J connectivity index is 2.47. The van der Waals surface area contributed by atoms with Gasteiger partial charge in [-0.25, -0.2) is 4.79 Å². The molecule has 0 spiro atoms. The summed E-state index contributed by atoms with van der Waals surface area (Å²) in [6, 6.07) is 3.01. The van der Waals surface area contributed by atoms with Crippen LogP contribution in [0, 0.1) is 0 Å². The first-order valence-electron chi connectivity index (χ1n) is 7.54. The van der Waals surface area contributed by atoms with E-state index in [1.54, 1.807) is 20.8 Å². The number of carbonyl (C=O) groups excluding carboxylic acids is 2. The number of carbonyl (C=O) groups is 2. The van der Waals surface area contributed by atoms with Crippen molar-refractivity contribution in [2.24, 2.45) is 5.73 Å². The molecule has 2 rings (SSSR count). The average Bonchev–Trinajstić information content (AvgIpc) is 3.03. The summed E-state index contributed by atoms with van der Waals surface area (Å²) in [6.45, 7) is 5.13. The molecule has 0 saturated carbocycles. The van der Waals surface area contributed by atoms with Crippen molar-refractivity contribution in [1.29, 1.82) is 0 Å². The van der Waals surface area contributed by atoms with Crippen LogP contribution in [0.25, 0.3) is 11.3 Å². The van der Waals surface area contributed by atoms with E-state index in [0.717, 1.165) is 0 Å². The van der Waals surface area contributed by atoms with Gasteiger partial charge in [-0.15, -0.1) is 0 Å². The third kappa shape index (κ3) is 4.21. The lowest BCUT2D eigenvalue weighted by atomic mass is 10.1. The average molecular weight is 364 g/mol. The monoisotopic (exact) mass is 364 g/mol. The molecule has 0 unspecified atom stereocenters. The Kier molecular flexibility index (Phi) is 5.34. The molecule has 0 atom stereocenters. The van der Waals surface area contributed by atoms with Crippen LogP contribution in [0.4, 0.5) is 4.79 Å². The van der Waals surface area contributed by atoms with E-state index in [2.05, 4.69) is 15.4 Å². The molecule has 0 fully saturated rings. The van der Waals surface area contributed by atoms with Gasteiger partial charge >= 0.3 is 6.16 Å². The number of primary amides is 1. The molecule has 0 aliphatic heterocycles. The molecule has 1 amide bonds. The lowest BCUT2D eigenvalue weighted by Gasteiger charge is -2.20. The zero-order valence-corrected chi connectivity index (χ0v) is 15.1. The summed E-state index contributed by atoms with van der Waals surface area (Å²) < 4.78 is 20.9. The van der Waals surface area contributed by atoms with Crippen molar-refractivity contribution in [2.75, 3.05) is 14.2 Å². The second-order valence-electron chi connectivity index (χ2n) is 6.16. The van der Waals surface area contributed by atoms with E-state index < -0.39 is 17.7 Å². The number of hydrogen-bond donors (Lipinski definition) is 2. The van der Waals surface area contributed by atoms with Gasteiger partial charge in [-0.05, 0) is 32.9 Å². The summed E-state index contributed by atoms with van der Waals surface area (Å²) in [7, 11) is 2.77. The van der Waals surface area contributed by atoms with Gasteiger partial charge in [0.1, 0.15) is 11.3 Å². The van der Waals surface area contributed by atoms with Gasteiger partial charge in [-0.2, -0.15) is 15.4 Å². The van der Waals surface area contributed by atoms with Crippen molar-refractivity contribution >= 4 is 12.1 Å². The van der Waals surface area contributed by atoms with Gasteiger partial charge in [0.15, 0.2) is 17.2 Å². The van der Waals surface area contributed by atoms with Crippen molar-refractivity contribution in [3.8, 4) is 28.5 Å². The molecule has 1 aromatic carbocycles. The second kappa shape index (κ2) is 7.30. The van der Waals surface area contributed by atoms with E-state index in [4.69, 9.17) is 24.7 Å². The number of nitrogens with two attached hydrogens (primary N) is 1. The van der Waals surface area contributed by atoms with E-state index in [-0.39, 0.29) is 28.6 Å². The summed E-state index contributed by atoms with van der Waals surface area (Å²) in [5.74, 6) is -0.384. The largest absolute Gasteiger partial charge is 0.514 e. The minimum absolute atomic E-state index is 0.0251. The normalized spacial score (nSPS) is 11.0. The fourth-order valence-electron chi connectivity index (χ4n) is 2.08. The molecule has 140 valence electrons. The molecule has 1 aromatic heterocycles.